The average Bonchev–Trinajstić information content (AvgIpc) is 2.48. The molecule has 6 heteroatoms. The van der Waals surface area contributed by atoms with Gasteiger partial charge in [0, 0.05) is 13.5 Å². The Balaban J connectivity index is 0.00000400. The molecule has 1 aromatic rings. The van der Waals surface area contributed by atoms with E-state index in [0.29, 0.717) is 19.6 Å². The van der Waals surface area contributed by atoms with Crippen LogP contribution in [0, 0.1) is 0 Å². The normalized spacial score (nSPS) is 9.67. The number of ether oxygens (including phenoxy) is 2. The number of likely N-dealkylation sites (N-methyl/N-ethyl adjacent to an activating group) is 1. The summed E-state index contributed by atoms with van der Waals surface area (Å²) in [5.74, 6) is 1.73. The van der Waals surface area contributed by atoms with E-state index >= 15 is 0 Å². The van der Waals surface area contributed by atoms with Crippen LogP contribution < -0.4 is 14.8 Å². The first-order valence-corrected chi connectivity index (χ1v) is 6.82. The summed E-state index contributed by atoms with van der Waals surface area (Å²) >= 11 is 0. The number of amides is 1. The highest BCUT2D eigenvalue weighted by molar-refractivity contribution is 5.85. The largest absolute Gasteiger partial charge is 0.497 e. The van der Waals surface area contributed by atoms with Crippen LogP contribution in [0.1, 0.15) is 12.8 Å². The quantitative estimate of drug-likeness (QED) is 0.708. The Morgan fingerprint density at radius 1 is 1.24 bits per heavy atom. The van der Waals surface area contributed by atoms with E-state index in [9.17, 15) is 4.79 Å². The number of halogens is 1. The van der Waals surface area contributed by atoms with Crippen molar-refractivity contribution in [2.45, 2.75) is 12.8 Å². The zero-order valence-electron chi connectivity index (χ0n) is 12.9. The topological polar surface area (TPSA) is 50.8 Å². The summed E-state index contributed by atoms with van der Waals surface area (Å²) in [6.45, 7) is 1.94. The first kappa shape index (κ1) is 19.5. The average molecular weight is 317 g/mol. The Bertz CT molecular complexity index is 398. The van der Waals surface area contributed by atoms with Gasteiger partial charge in [-0.25, -0.2) is 0 Å². The van der Waals surface area contributed by atoms with Gasteiger partial charge in [-0.05, 0) is 44.3 Å². The molecule has 0 aliphatic carbocycles. The van der Waals surface area contributed by atoms with Crippen LogP contribution in [0.2, 0.25) is 0 Å². The second kappa shape index (κ2) is 11.2. The third kappa shape index (κ3) is 7.78. The number of rotatable bonds is 9. The van der Waals surface area contributed by atoms with Gasteiger partial charge in [0.2, 0.25) is 5.91 Å². The first-order valence-electron chi connectivity index (χ1n) is 6.82. The summed E-state index contributed by atoms with van der Waals surface area (Å²) < 4.78 is 10.7. The molecule has 0 bridgehead atoms. The first-order chi connectivity index (χ1) is 9.67. The Kier molecular flexibility index (Phi) is 10.4. The van der Waals surface area contributed by atoms with Crippen molar-refractivity contribution in [2.24, 2.45) is 0 Å². The molecule has 0 unspecified atom stereocenters. The molecule has 0 aliphatic heterocycles. The van der Waals surface area contributed by atoms with Crippen LogP contribution in [0.25, 0.3) is 0 Å². The lowest BCUT2D eigenvalue weighted by molar-refractivity contribution is -0.130. The number of carbonyl (C=O) groups is 1. The molecule has 0 fully saturated rings. The number of hydrogen-bond acceptors (Lipinski definition) is 4. The monoisotopic (exact) mass is 316 g/mol. The summed E-state index contributed by atoms with van der Waals surface area (Å²) in [6, 6.07) is 7.41. The number of benzene rings is 1. The summed E-state index contributed by atoms with van der Waals surface area (Å²) in [7, 11) is 5.32. The maximum atomic E-state index is 11.8. The molecule has 0 saturated heterocycles. The van der Waals surface area contributed by atoms with Crippen molar-refractivity contribution in [3.63, 3.8) is 0 Å². The molecule has 0 spiro atoms. The van der Waals surface area contributed by atoms with Gasteiger partial charge >= 0.3 is 0 Å². The van der Waals surface area contributed by atoms with Crippen LogP contribution in [0.3, 0.4) is 0 Å². The number of hydrogen-bond donors (Lipinski definition) is 1. The van der Waals surface area contributed by atoms with Crippen LogP contribution in [0.15, 0.2) is 24.3 Å². The fourth-order valence-electron chi connectivity index (χ4n) is 1.70. The summed E-state index contributed by atoms with van der Waals surface area (Å²) in [5, 5.41) is 3.03. The van der Waals surface area contributed by atoms with Gasteiger partial charge in [-0.3, -0.25) is 4.79 Å². The fourth-order valence-corrected chi connectivity index (χ4v) is 1.70. The van der Waals surface area contributed by atoms with Crippen molar-refractivity contribution in [3.8, 4) is 11.5 Å². The van der Waals surface area contributed by atoms with Crippen molar-refractivity contribution in [3.05, 3.63) is 24.3 Å². The van der Waals surface area contributed by atoms with Crippen LogP contribution in [-0.2, 0) is 4.79 Å². The molecule has 0 heterocycles. The van der Waals surface area contributed by atoms with E-state index in [1.165, 1.54) is 0 Å². The highest BCUT2D eigenvalue weighted by atomic mass is 35.5. The highest BCUT2D eigenvalue weighted by Crippen LogP contribution is 2.16. The molecule has 5 nitrogen and oxygen atoms in total. The Hall–Kier alpha value is -1.46. The molecule has 0 aromatic heterocycles. The molecule has 1 aromatic carbocycles. The smallest absolute Gasteiger partial charge is 0.222 e. The summed E-state index contributed by atoms with van der Waals surface area (Å²) in [5.41, 5.74) is 0. The Morgan fingerprint density at radius 3 is 2.43 bits per heavy atom. The summed E-state index contributed by atoms with van der Waals surface area (Å²) in [4.78, 5) is 13.5. The van der Waals surface area contributed by atoms with Gasteiger partial charge in [-0.1, -0.05) is 0 Å². The van der Waals surface area contributed by atoms with Crippen molar-refractivity contribution in [2.75, 3.05) is 40.9 Å². The third-order valence-corrected chi connectivity index (χ3v) is 3.00. The molecule has 0 saturated carbocycles. The van der Waals surface area contributed by atoms with Crippen molar-refractivity contribution >= 4 is 18.3 Å². The number of carbonyl (C=O) groups excluding carboxylic acids is 1. The van der Waals surface area contributed by atoms with E-state index in [1.54, 1.807) is 19.1 Å². The van der Waals surface area contributed by atoms with Gasteiger partial charge in [0.25, 0.3) is 0 Å². The van der Waals surface area contributed by atoms with Crippen LogP contribution in [0.4, 0.5) is 0 Å². The zero-order chi connectivity index (χ0) is 14.8. The zero-order valence-corrected chi connectivity index (χ0v) is 13.7. The van der Waals surface area contributed by atoms with E-state index < -0.39 is 0 Å². The van der Waals surface area contributed by atoms with Crippen LogP contribution in [0.5, 0.6) is 11.5 Å². The molecule has 21 heavy (non-hydrogen) atoms. The molecule has 0 atom stereocenters. The van der Waals surface area contributed by atoms with Gasteiger partial charge in [-0.15, -0.1) is 12.4 Å². The van der Waals surface area contributed by atoms with E-state index in [4.69, 9.17) is 9.47 Å². The molecule has 1 N–H and O–H groups in total. The van der Waals surface area contributed by atoms with Gasteiger partial charge in [0.05, 0.1) is 13.7 Å². The van der Waals surface area contributed by atoms with Gasteiger partial charge in [0.1, 0.15) is 18.1 Å². The van der Waals surface area contributed by atoms with E-state index in [2.05, 4.69) is 5.32 Å². The fraction of sp³-hybridized carbons (Fsp3) is 0.533. The van der Waals surface area contributed by atoms with Crippen molar-refractivity contribution in [1.29, 1.82) is 0 Å². The Labute approximate surface area is 133 Å². The lowest BCUT2D eigenvalue weighted by Crippen LogP contribution is -2.31. The predicted octanol–water partition coefficient (Wildman–Crippen LogP) is 1.95. The Morgan fingerprint density at radius 2 is 1.86 bits per heavy atom. The minimum Gasteiger partial charge on any atom is -0.497 e. The molecule has 0 aliphatic rings. The molecular weight excluding hydrogens is 292 g/mol. The van der Waals surface area contributed by atoms with Gasteiger partial charge in [0.15, 0.2) is 0 Å². The molecular formula is C15H25ClN2O3. The van der Waals surface area contributed by atoms with E-state index in [-0.39, 0.29) is 18.3 Å². The van der Waals surface area contributed by atoms with Crippen molar-refractivity contribution in [1.82, 2.24) is 10.2 Å². The number of methoxy groups -OCH3 is 1. The molecule has 1 rings (SSSR count). The van der Waals surface area contributed by atoms with Gasteiger partial charge in [-0.2, -0.15) is 0 Å². The second-order valence-corrected chi connectivity index (χ2v) is 4.55. The molecule has 0 radical (unpaired) electrons. The van der Waals surface area contributed by atoms with Crippen molar-refractivity contribution < 1.29 is 14.3 Å². The lowest BCUT2D eigenvalue weighted by Gasteiger charge is -2.17. The maximum Gasteiger partial charge on any atom is 0.222 e. The SMILES string of the molecule is CNCCCC(=O)N(C)CCOc1ccc(OC)cc1.Cl. The molecule has 1 amide bonds. The number of nitrogens with zero attached hydrogens (tertiary/aromatic N) is 1. The standard InChI is InChI=1S/C15H24N2O3.ClH/c1-16-10-4-5-15(18)17(2)11-12-20-14-8-6-13(19-3)7-9-14;/h6-9,16H,4-5,10-12H2,1-3H3;1H. The van der Waals surface area contributed by atoms with E-state index in [0.717, 1.165) is 24.5 Å². The van der Waals surface area contributed by atoms with Crippen LogP contribution in [-0.4, -0.2) is 51.7 Å². The minimum atomic E-state index is 0. The van der Waals surface area contributed by atoms with Gasteiger partial charge < -0.3 is 19.7 Å². The van der Waals surface area contributed by atoms with Crippen LogP contribution >= 0.6 is 12.4 Å². The molecule has 120 valence electrons. The maximum absolute atomic E-state index is 11.8. The van der Waals surface area contributed by atoms with E-state index in [1.807, 2.05) is 31.3 Å². The highest BCUT2D eigenvalue weighted by Gasteiger charge is 2.07. The second-order valence-electron chi connectivity index (χ2n) is 4.55. The summed E-state index contributed by atoms with van der Waals surface area (Å²) in [6.07, 6.45) is 1.43. The minimum absolute atomic E-state index is 0. The third-order valence-electron chi connectivity index (χ3n) is 3.00. The number of nitrogens with one attached hydrogen (secondary N) is 1. The predicted molar refractivity (Wildman–Crippen MR) is 86.5 cm³/mol. The lowest BCUT2D eigenvalue weighted by atomic mass is 10.3.